The number of aromatic nitrogens is 2. The van der Waals surface area contributed by atoms with Gasteiger partial charge in [0.05, 0.1) is 12.8 Å². The van der Waals surface area contributed by atoms with Crippen LogP contribution in [0.15, 0.2) is 59.9 Å². The number of ether oxygens (including phenoxy) is 1. The van der Waals surface area contributed by atoms with Crippen molar-refractivity contribution < 1.29 is 4.74 Å². The Morgan fingerprint density at radius 2 is 2.04 bits per heavy atom. The van der Waals surface area contributed by atoms with E-state index in [1.807, 2.05) is 59.3 Å². The largest absolute Gasteiger partial charge is 0.497 e. The lowest BCUT2D eigenvalue weighted by Crippen LogP contribution is -2.23. The van der Waals surface area contributed by atoms with Crippen LogP contribution >= 0.6 is 24.0 Å². The van der Waals surface area contributed by atoms with Crippen LogP contribution in [-0.2, 0) is 6.42 Å². The van der Waals surface area contributed by atoms with Crippen molar-refractivity contribution in [1.82, 2.24) is 9.38 Å². The maximum Gasteiger partial charge on any atom is 0.193 e. The third kappa shape index (κ3) is 4.60. The van der Waals surface area contributed by atoms with Crippen molar-refractivity contribution in [3.63, 3.8) is 0 Å². The Labute approximate surface area is 157 Å². The standard InChI is InChI=1S/C17H19N5O.HI/c1-23-15-7-5-13(6-8-15)21-17(18)19-10-9-14-12-22-11-3-2-4-16(22)20-14;/h2-8,11-12H,9-10H2,1H3,(H3,18,19,21);1H. The fourth-order valence-electron chi connectivity index (χ4n) is 2.26. The molecule has 0 aliphatic rings. The highest BCUT2D eigenvalue weighted by molar-refractivity contribution is 14.0. The first-order valence-corrected chi connectivity index (χ1v) is 7.38. The summed E-state index contributed by atoms with van der Waals surface area (Å²) >= 11 is 0. The van der Waals surface area contributed by atoms with Gasteiger partial charge in [0.1, 0.15) is 11.4 Å². The minimum absolute atomic E-state index is 0. The number of anilines is 1. The van der Waals surface area contributed by atoms with E-state index >= 15 is 0 Å². The Hall–Kier alpha value is -2.29. The molecule has 0 unspecified atom stereocenters. The molecule has 3 aromatic rings. The van der Waals surface area contributed by atoms with Crippen LogP contribution in [0.4, 0.5) is 5.69 Å². The fourth-order valence-corrected chi connectivity index (χ4v) is 2.26. The molecule has 3 N–H and O–H groups in total. The van der Waals surface area contributed by atoms with Crippen molar-refractivity contribution in [2.45, 2.75) is 6.42 Å². The first kappa shape index (κ1) is 18.1. The molecule has 7 heteroatoms. The third-order valence-electron chi connectivity index (χ3n) is 3.43. The number of imidazole rings is 1. The Morgan fingerprint density at radius 1 is 1.25 bits per heavy atom. The van der Waals surface area contributed by atoms with Crippen LogP contribution < -0.4 is 15.8 Å². The van der Waals surface area contributed by atoms with Crippen LogP contribution in [0.5, 0.6) is 5.75 Å². The summed E-state index contributed by atoms with van der Waals surface area (Å²) < 4.78 is 7.11. The van der Waals surface area contributed by atoms with Crippen LogP contribution in [0.1, 0.15) is 5.69 Å². The summed E-state index contributed by atoms with van der Waals surface area (Å²) in [4.78, 5) is 8.86. The van der Waals surface area contributed by atoms with E-state index in [9.17, 15) is 0 Å². The number of nitrogens with one attached hydrogen (secondary N) is 1. The number of benzene rings is 1. The van der Waals surface area contributed by atoms with E-state index in [0.717, 1.165) is 29.2 Å². The van der Waals surface area contributed by atoms with Gasteiger partial charge in [-0.05, 0) is 36.4 Å². The molecule has 0 saturated heterocycles. The number of nitrogens with zero attached hydrogens (tertiary/aromatic N) is 3. The highest BCUT2D eigenvalue weighted by Gasteiger charge is 2.01. The van der Waals surface area contributed by atoms with E-state index in [1.54, 1.807) is 7.11 Å². The maximum absolute atomic E-state index is 5.90. The molecular formula is C17H20IN5O. The average Bonchev–Trinajstić information content (AvgIpc) is 2.98. The van der Waals surface area contributed by atoms with Crippen LogP contribution in [0.2, 0.25) is 0 Å². The Morgan fingerprint density at radius 3 is 2.75 bits per heavy atom. The van der Waals surface area contributed by atoms with E-state index in [4.69, 9.17) is 10.5 Å². The van der Waals surface area contributed by atoms with Crippen LogP contribution in [0.25, 0.3) is 5.65 Å². The number of guanidine groups is 1. The van der Waals surface area contributed by atoms with Gasteiger partial charge in [-0.2, -0.15) is 0 Å². The van der Waals surface area contributed by atoms with Gasteiger partial charge in [0.15, 0.2) is 5.96 Å². The van der Waals surface area contributed by atoms with Crippen molar-refractivity contribution in [1.29, 1.82) is 0 Å². The van der Waals surface area contributed by atoms with Gasteiger partial charge < -0.3 is 20.2 Å². The van der Waals surface area contributed by atoms with E-state index in [1.165, 1.54) is 0 Å². The molecule has 2 aromatic heterocycles. The van der Waals surface area contributed by atoms with Gasteiger partial charge in [0.2, 0.25) is 0 Å². The number of pyridine rings is 1. The lowest BCUT2D eigenvalue weighted by atomic mass is 10.3. The molecule has 0 aliphatic carbocycles. The number of methoxy groups -OCH3 is 1. The van der Waals surface area contributed by atoms with Crippen molar-refractivity contribution >= 4 is 41.3 Å². The molecule has 6 nitrogen and oxygen atoms in total. The smallest absolute Gasteiger partial charge is 0.193 e. The number of aliphatic imine (C=N–C) groups is 1. The SMILES string of the molecule is COc1ccc(NC(N)=NCCc2cn3ccccc3n2)cc1.I. The molecule has 0 bridgehead atoms. The summed E-state index contributed by atoms with van der Waals surface area (Å²) in [5.74, 6) is 1.19. The van der Waals surface area contributed by atoms with Crippen molar-refractivity contribution in [3.05, 3.63) is 60.6 Å². The van der Waals surface area contributed by atoms with E-state index in [2.05, 4.69) is 15.3 Å². The zero-order valence-corrected chi connectivity index (χ0v) is 15.7. The Kier molecular flexibility index (Phi) is 6.42. The molecule has 24 heavy (non-hydrogen) atoms. The highest BCUT2D eigenvalue weighted by Crippen LogP contribution is 2.14. The number of fused-ring (bicyclic) bond motifs is 1. The van der Waals surface area contributed by atoms with Gasteiger partial charge in [0.25, 0.3) is 0 Å². The van der Waals surface area contributed by atoms with Crippen LogP contribution in [0, 0.1) is 0 Å². The molecule has 1 aromatic carbocycles. The van der Waals surface area contributed by atoms with Crippen molar-refractivity contribution in [3.8, 4) is 5.75 Å². The molecule has 126 valence electrons. The molecule has 0 amide bonds. The summed E-state index contributed by atoms with van der Waals surface area (Å²) in [7, 11) is 1.64. The molecule has 0 saturated carbocycles. The third-order valence-corrected chi connectivity index (χ3v) is 3.43. The summed E-state index contributed by atoms with van der Waals surface area (Å²) in [5, 5.41) is 3.05. The zero-order chi connectivity index (χ0) is 16.1. The molecule has 0 spiro atoms. The summed E-state index contributed by atoms with van der Waals surface area (Å²) in [5.41, 5.74) is 8.71. The fraction of sp³-hybridized carbons (Fsp3) is 0.176. The number of halogens is 1. The van der Waals surface area contributed by atoms with Gasteiger partial charge in [-0.3, -0.25) is 4.99 Å². The molecule has 0 fully saturated rings. The normalized spacial score (nSPS) is 11.1. The number of rotatable bonds is 5. The summed E-state index contributed by atoms with van der Waals surface area (Å²) in [6, 6.07) is 13.5. The molecule has 0 aliphatic heterocycles. The van der Waals surface area contributed by atoms with Gasteiger partial charge >= 0.3 is 0 Å². The molecule has 0 radical (unpaired) electrons. The zero-order valence-electron chi connectivity index (χ0n) is 13.3. The Bertz CT molecular complexity index is 780. The lowest BCUT2D eigenvalue weighted by molar-refractivity contribution is 0.415. The molecule has 2 heterocycles. The molecule has 3 rings (SSSR count). The van der Waals surface area contributed by atoms with Gasteiger partial charge in [0, 0.05) is 31.0 Å². The number of hydrogen-bond donors (Lipinski definition) is 2. The van der Waals surface area contributed by atoms with Gasteiger partial charge in [-0.1, -0.05) is 6.07 Å². The minimum Gasteiger partial charge on any atom is -0.497 e. The topological polar surface area (TPSA) is 76.9 Å². The summed E-state index contributed by atoms with van der Waals surface area (Å²) in [6.45, 7) is 0.582. The van der Waals surface area contributed by atoms with Gasteiger partial charge in [-0.25, -0.2) is 4.98 Å². The predicted molar refractivity (Wildman–Crippen MR) is 107 cm³/mol. The monoisotopic (exact) mass is 437 g/mol. The summed E-state index contributed by atoms with van der Waals surface area (Å²) in [6.07, 6.45) is 4.74. The number of nitrogens with two attached hydrogens (primary N) is 1. The quantitative estimate of drug-likeness (QED) is 0.366. The first-order chi connectivity index (χ1) is 11.2. The maximum atomic E-state index is 5.90. The lowest BCUT2D eigenvalue weighted by Gasteiger charge is -2.06. The first-order valence-electron chi connectivity index (χ1n) is 7.38. The van der Waals surface area contributed by atoms with E-state index in [0.29, 0.717) is 12.5 Å². The highest BCUT2D eigenvalue weighted by atomic mass is 127. The molecular weight excluding hydrogens is 417 g/mol. The predicted octanol–water partition coefficient (Wildman–Crippen LogP) is 2.93. The van der Waals surface area contributed by atoms with E-state index < -0.39 is 0 Å². The van der Waals surface area contributed by atoms with Crippen LogP contribution in [0.3, 0.4) is 0 Å². The van der Waals surface area contributed by atoms with Crippen molar-refractivity contribution in [2.24, 2.45) is 10.7 Å². The van der Waals surface area contributed by atoms with Gasteiger partial charge in [-0.15, -0.1) is 24.0 Å². The minimum atomic E-state index is 0. The second-order valence-electron chi connectivity index (χ2n) is 5.07. The van der Waals surface area contributed by atoms with E-state index in [-0.39, 0.29) is 24.0 Å². The second kappa shape index (κ2) is 8.53. The molecule has 0 atom stereocenters. The van der Waals surface area contributed by atoms with Crippen molar-refractivity contribution in [2.75, 3.05) is 19.0 Å². The number of hydrogen-bond acceptors (Lipinski definition) is 3. The second-order valence-corrected chi connectivity index (χ2v) is 5.07. The van der Waals surface area contributed by atoms with Crippen LogP contribution in [-0.4, -0.2) is 29.0 Å². The Balaban J connectivity index is 0.00000208. The average molecular weight is 437 g/mol.